The molecule has 2 rings (SSSR count). The van der Waals surface area contributed by atoms with Crippen LogP contribution in [0.1, 0.15) is 46.5 Å². The smallest absolute Gasteiger partial charge is 0.156 e. The maximum absolute atomic E-state index is 11.3. The Balaban J connectivity index is 2.07. The van der Waals surface area contributed by atoms with Crippen LogP contribution < -0.4 is 0 Å². The molecule has 0 N–H and O–H groups in total. The van der Waals surface area contributed by atoms with Crippen molar-refractivity contribution in [2.24, 2.45) is 17.3 Å². The monoisotopic (exact) mass is 192 g/mol. The minimum Gasteiger partial charge on any atom is -0.295 e. The average Bonchev–Trinajstić information content (AvgIpc) is 2.41. The van der Waals surface area contributed by atoms with Gasteiger partial charge >= 0.3 is 0 Å². The third-order valence-corrected chi connectivity index (χ3v) is 3.89. The standard InChI is InChI=1S/C13H20O/c1-13(2,3)11-5-4-9-7-12(14)8-10(9)6-11/h7,10-11H,4-6,8H2,1-3H3/t10-,11+/m1/s1. The highest BCUT2D eigenvalue weighted by Gasteiger charge is 2.36. The van der Waals surface area contributed by atoms with E-state index in [-0.39, 0.29) is 0 Å². The molecule has 2 aliphatic carbocycles. The van der Waals surface area contributed by atoms with Crippen molar-refractivity contribution in [2.75, 3.05) is 0 Å². The molecule has 0 aliphatic heterocycles. The van der Waals surface area contributed by atoms with E-state index in [1.165, 1.54) is 24.8 Å². The molecule has 0 amide bonds. The Morgan fingerprint density at radius 1 is 1.36 bits per heavy atom. The van der Waals surface area contributed by atoms with Gasteiger partial charge in [-0.25, -0.2) is 0 Å². The number of carbonyl (C=O) groups excluding carboxylic acids is 1. The lowest BCUT2D eigenvalue weighted by atomic mass is 9.68. The number of allylic oxidation sites excluding steroid dienone is 2. The molecule has 1 heteroatoms. The number of hydrogen-bond donors (Lipinski definition) is 0. The number of rotatable bonds is 0. The van der Waals surface area contributed by atoms with E-state index in [4.69, 9.17) is 0 Å². The molecule has 78 valence electrons. The summed E-state index contributed by atoms with van der Waals surface area (Å²) >= 11 is 0. The van der Waals surface area contributed by atoms with Gasteiger partial charge in [0, 0.05) is 6.42 Å². The van der Waals surface area contributed by atoms with E-state index >= 15 is 0 Å². The van der Waals surface area contributed by atoms with Gasteiger partial charge in [-0.05, 0) is 42.6 Å². The molecule has 0 bridgehead atoms. The first-order valence-corrected chi connectivity index (χ1v) is 5.70. The lowest BCUT2D eigenvalue weighted by Gasteiger charge is -2.37. The Hall–Kier alpha value is -0.590. The quantitative estimate of drug-likeness (QED) is 0.575. The molecule has 0 heterocycles. The van der Waals surface area contributed by atoms with Crippen LogP contribution in [-0.4, -0.2) is 5.78 Å². The molecule has 0 saturated heterocycles. The molecule has 2 aliphatic rings. The zero-order valence-electron chi connectivity index (χ0n) is 9.47. The van der Waals surface area contributed by atoms with E-state index in [1.54, 1.807) is 0 Å². The molecule has 0 spiro atoms. The predicted molar refractivity (Wildman–Crippen MR) is 58.0 cm³/mol. The molecule has 0 aromatic carbocycles. The van der Waals surface area contributed by atoms with Crippen LogP contribution in [0.2, 0.25) is 0 Å². The molecule has 1 saturated carbocycles. The summed E-state index contributed by atoms with van der Waals surface area (Å²) in [4.78, 5) is 11.3. The zero-order chi connectivity index (χ0) is 10.3. The Morgan fingerprint density at radius 3 is 2.71 bits per heavy atom. The van der Waals surface area contributed by atoms with Gasteiger partial charge in [-0.3, -0.25) is 4.79 Å². The van der Waals surface area contributed by atoms with Crippen molar-refractivity contribution < 1.29 is 4.79 Å². The molecular weight excluding hydrogens is 172 g/mol. The maximum atomic E-state index is 11.3. The topological polar surface area (TPSA) is 17.1 Å². The summed E-state index contributed by atoms with van der Waals surface area (Å²) in [6.07, 6.45) is 6.38. The van der Waals surface area contributed by atoms with Crippen molar-refractivity contribution in [2.45, 2.75) is 46.5 Å². The van der Waals surface area contributed by atoms with Gasteiger partial charge in [0.25, 0.3) is 0 Å². The lowest BCUT2D eigenvalue weighted by molar-refractivity contribution is -0.114. The summed E-state index contributed by atoms with van der Waals surface area (Å²) in [6.45, 7) is 6.97. The van der Waals surface area contributed by atoms with E-state index in [0.717, 1.165) is 12.3 Å². The van der Waals surface area contributed by atoms with Gasteiger partial charge in [-0.15, -0.1) is 0 Å². The Kier molecular flexibility index (Phi) is 2.29. The van der Waals surface area contributed by atoms with Crippen molar-refractivity contribution >= 4 is 5.78 Å². The van der Waals surface area contributed by atoms with Gasteiger partial charge < -0.3 is 0 Å². The van der Waals surface area contributed by atoms with Crippen LogP contribution in [0.3, 0.4) is 0 Å². The molecule has 2 atom stereocenters. The summed E-state index contributed by atoms with van der Waals surface area (Å²) in [5, 5.41) is 0. The normalized spacial score (nSPS) is 32.8. The van der Waals surface area contributed by atoms with Gasteiger partial charge in [-0.2, -0.15) is 0 Å². The first-order valence-electron chi connectivity index (χ1n) is 5.70. The van der Waals surface area contributed by atoms with Crippen LogP contribution in [-0.2, 0) is 4.79 Å². The Bertz CT molecular complexity index is 280. The predicted octanol–water partition coefficient (Wildman–Crippen LogP) is 3.35. The van der Waals surface area contributed by atoms with Crippen molar-refractivity contribution in [1.29, 1.82) is 0 Å². The minimum absolute atomic E-state index is 0.361. The summed E-state index contributed by atoms with van der Waals surface area (Å²) < 4.78 is 0. The van der Waals surface area contributed by atoms with Gasteiger partial charge in [0.2, 0.25) is 0 Å². The van der Waals surface area contributed by atoms with Crippen molar-refractivity contribution in [1.82, 2.24) is 0 Å². The number of fused-ring (bicyclic) bond motifs is 1. The van der Waals surface area contributed by atoms with Crippen LogP contribution in [0.4, 0.5) is 0 Å². The second-order valence-electron chi connectivity index (χ2n) is 5.92. The lowest BCUT2D eigenvalue weighted by Crippen LogP contribution is -2.27. The third kappa shape index (κ3) is 1.77. The van der Waals surface area contributed by atoms with Crippen LogP contribution in [0.5, 0.6) is 0 Å². The molecule has 0 unspecified atom stereocenters. The highest BCUT2D eigenvalue weighted by Crippen LogP contribution is 2.45. The molecular formula is C13H20O. The number of hydrogen-bond acceptors (Lipinski definition) is 1. The van der Waals surface area contributed by atoms with Crippen molar-refractivity contribution in [3.8, 4) is 0 Å². The minimum atomic E-state index is 0.361. The van der Waals surface area contributed by atoms with Crippen LogP contribution in [0.15, 0.2) is 11.6 Å². The molecule has 14 heavy (non-hydrogen) atoms. The summed E-state index contributed by atoms with van der Waals surface area (Å²) in [6, 6.07) is 0. The fourth-order valence-electron chi connectivity index (χ4n) is 2.86. The summed E-state index contributed by atoms with van der Waals surface area (Å²) in [5.74, 6) is 1.76. The van der Waals surface area contributed by atoms with E-state index < -0.39 is 0 Å². The van der Waals surface area contributed by atoms with Crippen LogP contribution in [0.25, 0.3) is 0 Å². The van der Waals surface area contributed by atoms with Gasteiger partial charge in [0.05, 0.1) is 0 Å². The average molecular weight is 192 g/mol. The van der Waals surface area contributed by atoms with Gasteiger partial charge in [-0.1, -0.05) is 26.3 Å². The van der Waals surface area contributed by atoms with Crippen molar-refractivity contribution in [3.05, 3.63) is 11.6 Å². The summed E-state index contributed by atoms with van der Waals surface area (Å²) in [5.41, 5.74) is 1.85. The second kappa shape index (κ2) is 3.22. The van der Waals surface area contributed by atoms with E-state index in [2.05, 4.69) is 20.8 Å². The Labute approximate surface area is 86.6 Å². The fourth-order valence-corrected chi connectivity index (χ4v) is 2.86. The largest absolute Gasteiger partial charge is 0.295 e. The van der Waals surface area contributed by atoms with E-state index in [9.17, 15) is 4.79 Å². The first kappa shape index (κ1) is 9.95. The van der Waals surface area contributed by atoms with Gasteiger partial charge in [0.1, 0.15) is 0 Å². The fraction of sp³-hybridized carbons (Fsp3) is 0.769. The maximum Gasteiger partial charge on any atom is 0.156 e. The summed E-state index contributed by atoms with van der Waals surface area (Å²) in [7, 11) is 0. The number of carbonyl (C=O) groups is 1. The van der Waals surface area contributed by atoms with Crippen molar-refractivity contribution in [3.63, 3.8) is 0 Å². The SMILES string of the molecule is CC(C)(C)[C@H]1CCC2=CC(=O)C[C@H]2C1. The highest BCUT2D eigenvalue weighted by molar-refractivity contribution is 5.93. The van der Waals surface area contributed by atoms with Gasteiger partial charge in [0.15, 0.2) is 5.78 Å². The second-order valence-corrected chi connectivity index (χ2v) is 5.92. The van der Waals surface area contributed by atoms with Crippen LogP contribution >= 0.6 is 0 Å². The van der Waals surface area contributed by atoms with E-state index in [0.29, 0.717) is 17.1 Å². The third-order valence-electron chi connectivity index (χ3n) is 3.89. The zero-order valence-corrected chi connectivity index (χ0v) is 9.47. The molecule has 0 aromatic rings. The number of ketones is 1. The van der Waals surface area contributed by atoms with Crippen LogP contribution in [0, 0.1) is 17.3 Å². The first-order chi connectivity index (χ1) is 6.47. The molecule has 0 aromatic heterocycles. The Morgan fingerprint density at radius 2 is 2.07 bits per heavy atom. The van der Waals surface area contributed by atoms with E-state index in [1.807, 2.05) is 6.08 Å². The highest BCUT2D eigenvalue weighted by atomic mass is 16.1. The molecule has 0 radical (unpaired) electrons. The molecule has 1 nitrogen and oxygen atoms in total. The molecule has 1 fully saturated rings.